The third kappa shape index (κ3) is 3.47. The van der Waals surface area contributed by atoms with Gasteiger partial charge in [-0.2, -0.15) is 0 Å². The molecule has 4 heteroatoms. The molecule has 0 aliphatic carbocycles. The van der Waals surface area contributed by atoms with Crippen LogP contribution in [-0.4, -0.2) is 22.9 Å². The van der Waals surface area contributed by atoms with Crippen LogP contribution < -0.4 is 5.73 Å². The average Bonchev–Trinajstić information content (AvgIpc) is 2.26. The molecule has 0 saturated carbocycles. The van der Waals surface area contributed by atoms with Crippen molar-refractivity contribution >= 4 is 11.8 Å². The third-order valence-corrected chi connectivity index (χ3v) is 2.34. The van der Waals surface area contributed by atoms with Gasteiger partial charge in [0.25, 0.3) is 0 Å². The van der Waals surface area contributed by atoms with Crippen LogP contribution in [0.3, 0.4) is 0 Å². The number of aryl methyl sites for hydroxylation is 1. The quantitative estimate of drug-likeness (QED) is 0.736. The molecule has 86 valence electrons. The number of Topliss-reactive ketones (excluding diaryl/α,β-unsaturated/α-hetero) is 1. The summed E-state index contributed by atoms with van der Waals surface area (Å²) in [5.74, 6) is -1.14. The molecule has 3 N–H and O–H groups in total. The van der Waals surface area contributed by atoms with Crippen molar-refractivity contribution in [1.82, 2.24) is 0 Å². The third-order valence-electron chi connectivity index (χ3n) is 2.34. The predicted octanol–water partition coefficient (Wildman–Crippen LogP) is 1.37. The predicted molar refractivity (Wildman–Crippen MR) is 60.4 cm³/mol. The molecule has 0 unspecified atom stereocenters. The number of carboxylic acid groups (broad SMARTS) is 1. The smallest absolute Gasteiger partial charge is 0.303 e. The maximum absolute atomic E-state index is 11.8. The fraction of sp³-hybridized carbons (Fsp3) is 0.333. The zero-order valence-electron chi connectivity index (χ0n) is 9.14. The lowest BCUT2D eigenvalue weighted by Gasteiger charge is -2.09. The summed E-state index contributed by atoms with van der Waals surface area (Å²) in [6.45, 7) is 1.93. The minimum absolute atomic E-state index is 0.0846. The molecular weight excluding hydrogens is 206 g/mol. The van der Waals surface area contributed by atoms with Crippen LogP contribution in [0.4, 0.5) is 0 Å². The number of hydrogen-bond acceptors (Lipinski definition) is 3. The van der Waals surface area contributed by atoms with Gasteiger partial charge in [-0.1, -0.05) is 29.8 Å². The van der Waals surface area contributed by atoms with Crippen molar-refractivity contribution in [2.75, 3.05) is 0 Å². The Morgan fingerprint density at radius 2 is 1.88 bits per heavy atom. The highest BCUT2D eigenvalue weighted by Gasteiger charge is 2.16. The molecule has 0 aliphatic heterocycles. The zero-order chi connectivity index (χ0) is 12.1. The van der Waals surface area contributed by atoms with Crippen molar-refractivity contribution in [2.45, 2.75) is 25.8 Å². The summed E-state index contributed by atoms with van der Waals surface area (Å²) < 4.78 is 0. The van der Waals surface area contributed by atoms with Gasteiger partial charge in [-0.05, 0) is 13.3 Å². The highest BCUT2D eigenvalue weighted by molar-refractivity contribution is 6.00. The topological polar surface area (TPSA) is 80.4 Å². The van der Waals surface area contributed by atoms with E-state index in [4.69, 9.17) is 10.8 Å². The number of benzene rings is 1. The maximum atomic E-state index is 11.8. The summed E-state index contributed by atoms with van der Waals surface area (Å²) >= 11 is 0. The molecule has 0 fully saturated rings. The first kappa shape index (κ1) is 12.4. The minimum Gasteiger partial charge on any atom is -0.481 e. The van der Waals surface area contributed by atoms with Crippen molar-refractivity contribution < 1.29 is 14.7 Å². The lowest BCUT2D eigenvalue weighted by molar-refractivity contribution is -0.137. The van der Waals surface area contributed by atoms with Crippen LogP contribution in [0.15, 0.2) is 24.3 Å². The number of carbonyl (C=O) groups is 2. The van der Waals surface area contributed by atoms with E-state index in [-0.39, 0.29) is 18.6 Å². The van der Waals surface area contributed by atoms with Crippen molar-refractivity contribution in [1.29, 1.82) is 0 Å². The Morgan fingerprint density at radius 3 is 2.38 bits per heavy atom. The highest BCUT2D eigenvalue weighted by atomic mass is 16.4. The molecule has 0 amide bonds. The van der Waals surface area contributed by atoms with Crippen molar-refractivity contribution in [3.63, 3.8) is 0 Å². The van der Waals surface area contributed by atoms with E-state index in [0.717, 1.165) is 5.56 Å². The Labute approximate surface area is 94.1 Å². The largest absolute Gasteiger partial charge is 0.481 e. The lowest BCUT2D eigenvalue weighted by Crippen LogP contribution is -2.31. The van der Waals surface area contributed by atoms with Crippen LogP contribution in [0.1, 0.15) is 28.8 Å². The summed E-state index contributed by atoms with van der Waals surface area (Å²) in [6, 6.07) is 6.34. The van der Waals surface area contributed by atoms with Crippen molar-refractivity contribution in [3.05, 3.63) is 35.4 Å². The Balaban J connectivity index is 2.63. The second-order valence-corrected chi connectivity index (χ2v) is 3.77. The first-order chi connectivity index (χ1) is 7.50. The van der Waals surface area contributed by atoms with Crippen LogP contribution in [0.5, 0.6) is 0 Å². The molecule has 0 radical (unpaired) electrons. The van der Waals surface area contributed by atoms with E-state index in [2.05, 4.69) is 0 Å². The molecule has 4 nitrogen and oxygen atoms in total. The minimum atomic E-state index is -0.938. The van der Waals surface area contributed by atoms with Crippen molar-refractivity contribution in [3.8, 4) is 0 Å². The van der Waals surface area contributed by atoms with E-state index in [1.165, 1.54) is 0 Å². The number of rotatable bonds is 5. The standard InChI is InChI=1S/C12H15NO3/c1-8-2-4-9(5-3-8)12(16)10(13)6-7-11(14)15/h2-5,10H,6-7,13H2,1H3,(H,14,15)/t10-/m0/s1. The van der Waals surface area contributed by atoms with Gasteiger partial charge in [-0.25, -0.2) is 0 Å². The summed E-state index contributed by atoms with van der Waals surface area (Å²) in [4.78, 5) is 22.1. The summed E-state index contributed by atoms with van der Waals surface area (Å²) in [7, 11) is 0. The molecule has 1 atom stereocenters. The van der Waals surface area contributed by atoms with Gasteiger partial charge in [0.05, 0.1) is 6.04 Å². The highest BCUT2D eigenvalue weighted by Crippen LogP contribution is 2.08. The fourth-order valence-electron chi connectivity index (χ4n) is 1.34. The van der Waals surface area contributed by atoms with E-state index in [0.29, 0.717) is 5.56 Å². The van der Waals surface area contributed by atoms with Crippen LogP contribution in [0, 0.1) is 6.92 Å². The number of aliphatic carboxylic acids is 1. The van der Waals surface area contributed by atoms with E-state index in [9.17, 15) is 9.59 Å². The summed E-state index contributed by atoms with van der Waals surface area (Å²) in [5.41, 5.74) is 7.22. The number of carbonyl (C=O) groups excluding carboxylic acids is 1. The average molecular weight is 221 g/mol. The van der Waals surface area contributed by atoms with E-state index in [1.54, 1.807) is 12.1 Å². The van der Waals surface area contributed by atoms with E-state index in [1.807, 2.05) is 19.1 Å². The monoisotopic (exact) mass is 221 g/mol. The molecule has 0 bridgehead atoms. The normalized spacial score (nSPS) is 12.1. The molecule has 1 rings (SSSR count). The van der Waals surface area contributed by atoms with Gasteiger partial charge < -0.3 is 10.8 Å². The molecule has 0 spiro atoms. The molecule has 0 aliphatic rings. The van der Waals surface area contributed by atoms with Crippen molar-refractivity contribution in [2.24, 2.45) is 5.73 Å². The Morgan fingerprint density at radius 1 is 1.31 bits per heavy atom. The maximum Gasteiger partial charge on any atom is 0.303 e. The van der Waals surface area contributed by atoms with Crippen LogP contribution in [0.2, 0.25) is 0 Å². The number of hydrogen-bond donors (Lipinski definition) is 2. The molecule has 0 saturated heterocycles. The van der Waals surface area contributed by atoms with Crippen LogP contribution in [-0.2, 0) is 4.79 Å². The molecule has 16 heavy (non-hydrogen) atoms. The summed E-state index contributed by atoms with van der Waals surface area (Å²) in [5, 5.41) is 8.48. The van der Waals surface area contributed by atoms with Gasteiger partial charge in [-0.15, -0.1) is 0 Å². The van der Waals surface area contributed by atoms with Gasteiger partial charge in [0.15, 0.2) is 5.78 Å². The zero-order valence-corrected chi connectivity index (χ0v) is 9.14. The Bertz CT molecular complexity index is 384. The second kappa shape index (κ2) is 5.42. The molecule has 0 aromatic heterocycles. The SMILES string of the molecule is Cc1ccc(C(=O)[C@@H](N)CCC(=O)O)cc1. The van der Waals surface area contributed by atoms with Crippen LogP contribution in [0.25, 0.3) is 0 Å². The number of ketones is 1. The first-order valence-electron chi connectivity index (χ1n) is 5.09. The van der Waals surface area contributed by atoms with Gasteiger partial charge in [0.2, 0.25) is 0 Å². The van der Waals surface area contributed by atoms with Gasteiger partial charge in [0.1, 0.15) is 0 Å². The summed E-state index contributed by atoms with van der Waals surface area (Å²) in [6.07, 6.45) is 0.0841. The van der Waals surface area contributed by atoms with Gasteiger partial charge in [-0.3, -0.25) is 9.59 Å². The Hall–Kier alpha value is -1.68. The van der Waals surface area contributed by atoms with E-state index >= 15 is 0 Å². The number of carboxylic acids is 1. The molecule has 0 heterocycles. The first-order valence-corrected chi connectivity index (χ1v) is 5.09. The lowest BCUT2D eigenvalue weighted by atomic mass is 10.0. The van der Waals surface area contributed by atoms with Gasteiger partial charge >= 0.3 is 5.97 Å². The molecule has 1 aromatic rings. The van der Waals surface area contributed by atoms with Crippen LogP contribution >= 0.6 is 0 Å². The number of nitrogens with two attached hydrogens (primary N) is 1. The molecule has 1 aromatic carbocycles. The van der Waals surface area contributed by atoms with Gasteiger partial charge in [0, 0.05) is 12.0 Å². The molecular formula is C12H15NO3. The van der Waals surface area contributed by atoms with E-state index < -0.39 is 12.0 Å². The Kier molecular flexibility index (Phi) is 4.19. The fourth-order valence-corrected chi connectivity index (χ4v) is 1.34. The second-order valence-electron chi connectivity index (χ2n) is 3.77.